The summed E-state index contributed by atoms with van der Waals surface area (Å²) in [5.41, 5.74) is -0.132. The minimum Gasteiger partial charge on any atom is -0.772 e. The molecule has 0 heterocycles. The number of rotatable bonds is 1. The molecule has 0 fully saturated rings. The molecule has 3 heteroatoms. The highest BCUT2D eigenvalue weighted by atomic mass is 32.2. The van der Waals surface area contributed by atoms with Crippen LogP contribution in [0.4, 0.5) is 0 Å². The molecule has 0 aromatic carbocycles. The van der Waals surface area contributed by atoms with Gasteiger partial charge in [-0.1, -0.05) is 38.8 Å². The fourth-order valence-corrected chi connectivity index (χ4v) is 0.866. The van der Waals surface area contributed by atoms with E-state index in [1.54, 1.807) is 6.92 Å². The Morgan fingerprint density at radius 2 is 1.78 bits per heavy atom. The van der Waals surface area contributed by atoms with E-state index in [0.29, 0.717) is 0 Å². The van der Waals surface area contributed by atoms with Gasteiger partial charge >= 0.3 is 0 Å². The molecule has 0 aliphatic carbocycles. The van der Waals surface area contributed by atoms with E-state index in [2.05, 4.69) is 0 Å². The van der Waals surface area contributed by atoms with Gasteiger partial charge in [-0.25, -0.2) is 0 Å². The molecular formula is C6H13O2S-. The first-order chi connectivity index (χ1) is 3.85. The van der Waals surface area contributed by atoms with Gasteiger partial charge in [0.15, 0.2) is 0 Å². The minimum absolute atomic E-state index is 0.132. The minimum atomic E-state index is -1.93. The second kappa shape index (κ2) is 2.80. The number of hydrogen-bond acceptors (Lipinski definition) is 2. The van der Waals surface area contributed by atoms with Crippen LogP contribution < -0.4 is 0 Å². The van der Waals surface area contributed by atoms with Gasteiger partial charge in [0, 0.05) is 5.25 Å². The SMILES string of the molecule is CC(S(=O)[O-])C(C)(C)C. The van der Waals surface area contributed by atoms with Crippen molar-refractivity contribution in [1.82, 2.24) is 0 Å². The summed E-state index contributed by atoms with van der Waals surface area (Å²) in [5, 5.41) is -0.266. The summed E-state index contributed by atoms with van der Waals surface area (Å²) in [6, 6.07) is 0. The van der Waals surface area contributed by atoms with Crippen molar-refractivity contribution in [2.75, 3.05) is 0 Å². The van der Waals surface area contributed by atoms with Crippen molar-refractivity contribution < 1.29 is 8.76 Å². The Balaban J connectivity index is 4.04. The molecule has 0 saturated carbocycles. The molecule has 0 aromatic rings. The Morgan fingerprint density at radius 3 is 1.78 bits per heavy atom. The largest absolute Gasteiger partial charge is 0.772 e. The van der Waals surface area contributed by atoms with Gasteiger partial charge in [0.2, 0.25) is 0 Å². The van der Waals surface area contributed by atoms with Crippen LogP contribution in [0, 0.1) is 5.41 Å². The monoisotopic (exact) mass is 149 g/mol. The molecule has 2 unspecified atom stereocenters. The van der Waals surface area contributed by atoms with Crippen LogP contribution in [0.3, 0.4) is 0 Å². The number of hydrogen-bond donors (Lipinski definition) is 0. The van der Waals surface area contributed by atoms with Crippen molar-refractivity contribution in [3.8, 4) is 0 Å². The topological polar surface area (TPSA) is 40.1 Å². The van der Waals surface area contributed by atoms with Gasteiger partial charge in [-0.05, 0) is 5.41 Å². The van der Waals surface area contributed by atoms with E-state index in [4.69, 9.17) is 0 Å². The summed E-state index contributed by atoms with van der Waals surface area (Å²) in [7, 11) is 0. The molecule has 0 amide bonds. The van der Waals surface area contributed by atoms with E-state index in [9.17, 15) is 8.76 Å². The molecule has 2 nitrogen and oxygen atoms in total. The van der Waals surface area contributed by atoms with E-state index in [-0.39, 0.29) is 10.7 Å². The highest BCUT2D eigenvalue weighted by molar-refractivity contribution is 7.79. The fraction of sp³-hybridized carbons (Fsp3) is 1.00. The van der Waals surface area contributed by atoms with Crippen molar-refractivity contribution in [2.45, 2.75) is 32.9 Å². The standard InChI is InChI=1S/C6H14O2S/c1-5(9(7)8)6(2,3)4/h5H,1-4H3,(H,7,8)/p-1. The van der Waals surface area contributed by atoms with Gasteiger partial charge in [0.1, 0.15) is 0 Å². The molecule has 0 saturated heterocycles. The van der Waals surface area contributed by atoms with Gasteiger partial charge in [-0.2, -0.15) is 0 Å². The van der Waals surface area contributed by atoms with Crippen molar-refractivity contribution in [1.29, 1.82) is 0 Å². The lowest BCUT2D eigenvalue weighted by Crippen LogP contribution is -2.27. The zero-order valence-electron chi connectivity index (χ0n) is 6.30. The highest BCUT2D eigenvalue weighted by Crippen LogP contribution is 2.21. The molecule has 56 valence electrons. The summed E-state index contributed by atoms with van der Waals surface area (Å²) >= 11 is -1.93. The average Bonchev–Trinajstić information content (AvgIpc) is 1.62. The zero-order valence-corrected chi connectivity index (χ0v) is 7.12. The highest BCUT2D eigenvalue weighted by Gasteiger charge is 2.19. The predicted molar refractivity (Wildman–Crippen MR) is 37.8 cm³/mol. The zero-order chi connectivity index (χ0) is 7.65. The lowest BCUT2D eigenvalue weighted by atomic mass is 9.93. The Kier molecular flexibility index (Phi) is 2.83. The van der Waals surface area contributed by atoms with Crippen LogP contribution in [0.25, 0.3) is 0 Å². The molecule has 0 aliphatic heterocycles. The first kappa shape index (κ1) is 9.11. The van der Waals surface area contributed by atoms with Crippen LogP contribution in [0.1, 0.15) is 27.7 Å². The molecule has 0 N–H and O–H groups in total. The molecule has 0 spiro atoms. The molecule has 0 rings (SSSR count). The Labute approximate surface area is 58.9 Å². The average molecular weight is 149 g/mol. The maximum absolute atomic E-state index is 10.3. The second-order valence-electron chi connectivity index (χ2n) is 3.27. The third-order valence-electron chi connectivity index (χ3n) is 1.51. The van der Waals surface area contributed by atoms with Gasteiger partial charge < -0.3 is 4.55 Å². The third kappa shape index (κ3) is 2.96. The van der Waals surface area contributed by atoms with Gasteiger partial charge in [-0.15, -0.1) is 0 Å². The Morgan fingerprint density at radius 1 is 1.44 bits per heavy atom. The van der Waals surface area contributed by atoms with Crippen molar-refractivity contribution >= 4 is 11.1 Å². The first-order valence-electron chi connectivity index (χ1n) is 2.94. The summed E-state index contributed by atoms with van der Waals surface area (Å²) in [5.74, 6) is 0. The van der Waals surface area contributed by atoms with E-state index in [1.165, 1.54) is 0 Å². The quantitative estimate of drug-likeness (QED) is 0.527. The molecule has 0 radical (unpaired) electrons. The van der Waals surface area contributed by atoms with Crippen LogP contribution in [0.2, 0.25) is 0 Å². The summed E-state index contributed by atoms with van der Waals surface area (Å²) in [6.07, 6.45) is 0. The summed E-state index contributed by atoms with van der Waals surface area (Å²) in [4.78, 5) is 0. The molecule has 0 bridgehead atoms. The van der Waals surface area contributed by atoms with E-state index in [1.807, 2.05) is 20.8 Å². The van der Waals surface area contributed by atoms with Crippen molar-refractivity contribution in [3.05, 3.63) is 0 Å². The third-order valence-corrected chi connectivity index (χ3v) is 2.79. The maximum Gasteiger partial charge on any atom is 0.0236 e. The van der Waals surface area contributed by atoms with Gasteiger partial charge in [0.25, 0.3) is 0 Å². The van der Waals surface area contributed by atoms with Crippen LogP contribution >= 0.6 is 0 Å². The van der Waals surface area contributed by atoms with Crippen LogP contribution in [-0.4, -0.2) is 14.0 Å². The summed E-state index contributed by atoms with van der Waals surface area (Å²) < 4.78 is 20.7. The molecule has 2 atom stereocenters. The normalized spacial score (nSPS) is 19.2. The van der Waals surface area contributed by atoms with Crippen molar-refractivity contribution in [3.63, 3.8) is 0 Å². The van der Waals surface area contributed by atoms with E-state index < -0.39 is 11.1 Å². The predicted octanol–water partition coefficient (Wildman–Crippen LogP) is 1.30. The van der Waals surface area contributed by atoms with E-state index in [0.717, 1.165) is 0 Å². The smallest absolute Gasteiger partial charge is 0.0236 e. The molecule has 0 aromatic heterocycles. The first-order valence-corrected chi connectivity index (χ1v) is 4.07. The lowest BCUT2D eigenvalue weighted by Gasteiger charge is -2.28. The molecular weight excluding hydrogens is 136 g/mol. The molecule has 0 aliphatic rings. The lowest BCUT2D eigenvalue weighted by molar-refractivity contribution is 0.383. The van der Waals surface area contributed by atoms with Gasteiger partial charge in [-0.3, -0.25) is 4.21 Å². The van der Waals surface area contributed by atoms with Crippen LogP contribution in [-0.2, 0) is 11.1 Å². The Bertz CT molecular complexity index is 115. The maximum atomic E-state index is 10.3. The van der Waals surface area contributed by atoms with E-state index >= 15 is 0 Å². The second-order valence-corrected chi connectivity index (χ2v) is 4.50. The molecule has 9 heavy (non-hydrogen) atoms. The van der Waals surface area contributed by atoms with Crippen LogP contribution in [0.5, 0.6) is 0 Å². The van der Waals surface area contributed by atoms with Gasteiger partial charge in [0.05, 0.1) is 0 Å². The Hall–Kier alpha value is 0.110. The van der Waals surface area contributed by atoms with Crippen LogP contribution in [0.15, 0.2) is 0 Å². The fourth-order valence-electron chi connectivity index (χ4n) is 0.289. The van der Waals surface area contributed by atoms with Crippen molar-refractivity contribution in [2.24, 2.45) is 5.41 Å². The summed E-state index contributed by atoms with van der Waals surface area (Å²) in [6.45, 7) is 7.44.